The third kappa shape index (κ3) is 3.30. The quantitative estimate of drug-likeness (QED) is 0.645. The Morgan fingerprint density at radius 1 is 1.12 bits per heavy atom. The van der Waals surface area contributed by atoms with E-state index in [1.165, 1.54) is 13.2 Å². The van der Waals surface area contributed by atoms with Gasteiger partial charge in [-0.3, -0.25) is 4.79 Å². The fourth-order valence-corrected chi connectivity index (χ4v) is 2.71. The number of carbonyl (C=O) groups is 1. The minimum absolute atomic E-state index is 0.0479. The molecule has 0 aliphatic carbocycles. The molecule has 1 atom stereocenters. The SMILES string of the molecule is CC.COc1cc(C2CC(=O)Oc3cc(O)c(C)cc32)ccc1O. The minimum Gasteiger partial charge on any atom is -0.508 e. The summed E-state index contributed by atoms with van der Waals surface area (Å²) in [5.74, 6) is 0.310. The van der Waals surface area contributed by atoms with Gasteiger partial charge in [0.05, 0.1) is 13.5 Å². The first-order chi connectivity index (χ1) is 11.5. The molecule has 3 rings (SSSR count). The van der Waals surface area contributed by atoms with Crippen molar-refractivity contribution >= 4 is 5.97 Å². The zero-order valence-electron chi connectivity index (χ0n) is 14.3. The van der Waals surface area contributed by atoms with E-state index in [9.17, 15) is 15.0 Å². The summed E-state index contributed by atoms with van der Waals surface area (Å²) in [7, 11) is 1.48. The first-order valence-corrected chi connectivity index (χ1v) is 7.90. The topological polar surface area (TPSA) is 76.0 Å². The van der Waals surface area contributed by atoms with Crippen LogP contribution in [0, 0.1) is 6.92 Å². The number of benzene rings is 2. The molecule has 1 aliphatic heterocycles. The van der Waals surface area contributed by atoms with Crippen molar-refractivity contribution in [3.05, 3.63) is 47.0 Å². The zero-order valence-corrected chi connectivity index (χ0v) is 14.3. The monoisotopic (exact) mass is 330 g/mol. The van der Waals surface area contributed by atoms with Crippen LogP contribution in [-0.4, -0.2) is 23.3 Å². The van der Waals surface area contributed by atoms with Gasteiger partial charge in [0.1, 0.15) is 11.5 Å². The number of aryl methyl sites for hydroxylation is 1. The molecule has 24 heavy (non-hydrogen) atoms. The number of hydrogen-bond donors (Lipinski definition) is 2. The molecule has 128 valence electrons. The molecule has 2 N–H and O–H groups in total. The van der Waals surface area contributed by atoms with Crippen molar-refractivity contribution in [2.45, 2.75) is 33.1 Å². The Hall–Kier alpha value is -2.69. The number of phenolic OH excluding ortho intramolecular Hbond substituents is 2. The van der Waals surface area contributed by atoms with Gasteiger partial charge in [-0.1, -0.05) is 19.9 Å². The van der Waals surface area contributed by atoms with Gasteiger partial charge >= 0.3 is 5.97 Å². The number of esters is 1. The molecule has 1 aliphatic rings. The molecule has 0 spiro atoms. The van der Waals surface area contributed by atoms with E-state index in [1.54, 1.807) is 25.1 Å². The smallest absolute Gasteiger partial charge is 0.312 e. The molecule has 5 heteroatoms. The molecule has 2 aromatic rings. The maximum atomic E-state index is 11.8. The zero-order chi connectivity index (χ0) is 17.9. The summed E-state index contributed by atoms with van der Waals surface area (Å²) in [6.45, 7) is 5.79. The lowest BCUT2D eigenvalue weighted by Crippen LogP contribution is -2.21. The third-order valence-corrected chi connectivity index (χ3v) is 3.90. The Labute approximate surface area is 141 Å². The molecule has 5 nitrogen and oxygen atoms in total. The van der Waals surface area contributed by atoms with E-state index in [1.807, 2.05) is 19.9 Å². The van der Waals surface area contributed by atoms with E-state index < -0.39 is 0 Å². The summed E-state index contributed by atoms with van der Waals surface area (Å²) in [5.41, 5.74) is 2.40. The van der Waals surface area contributed by atoms with Gasteiger partial charge in [0.15, 0.2) is 11.5 Å². The summed E-state index contributed by atoms with van der Waals surface area (Å²) >= 11 is 0. The van der Waals surface area contributed by atoms with Gasteiger partial charge in [-0.15, -0.1) is 0 Å². The van der Waals surface area contributed by atoms with Crippen molar-refractivity contribution in [1.29, 1.82) is 0 Å². The Balaban J connectivity index is 0.00000100. The van der Waals surface area contributed by atoms with Crippen molar-refractivity contribution in [3.8, 4) is 23.0 Å². The fourth-order valence-electron chi connectivity index (χ4n) is 2.71. The summed E-state index contributed by atoms with van der Waals surface area (Å²) < 4.78 is 10.3. The summed E-state index contributed by atoms with van der Waals surface area (Å²) in [4.78, 5) is 11.8. The third-order valence-electron chi connectivity index (χ3n) is 3.90. The van der Waals surface area contributed by atoms with Gasteiger partial charge in [0.2, 0.25) is 0 Å². The number of fused-ring (bicyclic) bond motifs is 1. The van der Waals surface area contributed by atoms with Gasteiger partial charge in [-0.25, -0.2) is 0 Å². The van der Waals surface area contributed by atoms with Crippen LogP contribution in [0.2, 0.25) is 0 Å². The molecule has 0 aromatic heterocycles. The summed E-state index contributed by atoms with van der Waals surface area (Å²) in [6, 6.07) is 8.30. The number of aromatic hydroxyl groups is 2. The molecule has 0 radical (unpaired) electrons. The molecular formula is C19H22O5. The minimum atomic E-state index is -0.354. The maximum Gasteiger partial charge on any atom is 0.312 e. The van der Waals surface area contributed by atoms with Crippen LogP contribution < -0.4 is 9.47 Å². The van der Waals surface area contributed by atoms with Crippen LogP contribution in [0.5, 0.6) is 23.0 Å². The molecule has 1 heterocycles. The Morgan fingerprint density at radius 2 is 1.83 bits per heavy atom. The van der Waals surface area contributed by atoms with Crippen molar-refractivity contribution in [3.63, 3.8) is 0 Å². The van der Waals surface area contributed by atoms with Gasteiger partial charge in [0, 0.05) is 17.5 Å². The number of rotatable bonds is 2. The number of methoxy groups -OCH3 is 1. The van der Waals surface area contributed by atoms with Gasteiger partial charge in [-0.2, -0.15) is 0 Å². The number of phenols is 2. The van der Waals surface area contributed by atoms with Crippen LogP contribution >= 0.6 is 0 Å². The van der Waals surface area contributed by atoms with Crippen molar-refractivity contribution in [1.82, 2.24) is 0 Å². The first kappa shape index (κ1) is 17.7. The molecule has 1 unspecified atom stereocenters. The number of hydrogen-bond acceptors (Lipinski definition) is 5. The molecule has 0 saturated carbocycles. The predicted octanol–water partition coefficient (Wildman–Crippen LogP) is 3.88. The Morgan fingerprint density at radius 3 is 2.50 bits per heavy atom. The average Bonchev–Trinajstić information content (AvgIpc) is 2.58. The van der Waals surface area contributed by atoms with E-state index >= 15 is 0 Å². The highest BCUT2D eigenvalue weighted by atomic mass is 16.5. The molecule has 0 amide bonds. The van der Waals surface area contributed by atoms with Crippen LogP contribution in [0.4, 0.5) is 0 Å². The Bertz CT molecular complexity index is 752. The van der Waals surface area contributed by atoms with Crippen LogP contribution in [0.15, 0.2) is 30.3 Å². The van der Waals surface area contributed by atoms with E-state index in [4.69, 9.17) is 9.47 Å². The second-order valence-electron chi connectivity index (χ2n) is 5.34. The summed E-state index contributed by atoms with van der Waals surface area (Å²) in [5, 5.41) is 19.5. The number of ether oxygens (including phenoxy) is 2. The largest absolute Gasteiger partial charge is 0.508 e. The molecule has 0 saturated heterocycles. The molecule has 0 fully saturated rings. The first-order valence-electron chi connectivity index (χ1n) is 7.90. The second-order valence-corrected chi connectivity index (χ2v) is 5.34. The van der Waals surface area contributed by atoms with E-state index in [2.05, 4.69) is 0 Å². The van der Waals surface area contributed by atoms with Crippen molar-refractivity contribution < 1.29 is 24.5 Å². The average molecular weight is 330 g/mol. The van der Waals surface area contributed by atoms with Crippen LogP contribution in [0.3, 0.4) is 0 Å². The standard InChI is InChI=1S/C17H16O5.C2H6/c1-9-5-12-11(7-17(20)22-15(12)8-14(9)19)10-3-4-13(18)16(6-10)21-2;1-2/h3-6,8,11,18-19H,7H2,1-2H3;1-2H3. The second kappa shape index (κ2) is 7.25. The Kier molecular flexibility index (Phi) is 5.34. The van der Waals surface area contributed by atoms with Crippen molar-refractivity contribution in [2.75, 3.05) is 7.11 Å². The number of carbonyl (C=O) groups excluding carboxylic acids is 1. The maximum absolute atomic E-state index is 11.8. The van der Waals surface area contributed by atoms with E-state index in [-0.39, 0.29) is 29.8 Å². The van der Waals surface area contributed by atoms with Gasteiger partial charge < -0.3 is 19.7 Å². The van der Waals surface area contributed by atoms with E-state index in [0.29, 0.717) is 17.1 Å². The lowest BCUT2D eigenvalue weighted by molar-refractivity contribution is -0.135. The molecular weight excluding hydrogens is 308 g/mol. The lowest BCUT2D eigenvalue weighted by atomic mass is 9.85. The highest BCUT2D eigenvalue weighted by Crippen LogP contribution is 2.43. The van der Waals surface area contributed by atoms with Crippen LogP contribution in [0.25, 0.3) is 0 Å². The van der Waals surface area contributed by atoms with Crippen LogP contribution in [0.1, 0.15) is 42.9 Å². The van der Waals surface area contributed by atoms with Gasteiger partial charge in [0.25, 0.3) is 0 Å². The normalized spacial score (nSPS) is 15.7. The lowest BCUT2D eigenvalue weighted by Gasteiger charge is -2.26. The van der Waals surface area contributed by atoms with Crippen LogP contribution in [-0.2, 0) is 4.79 Å². The van der Waals surface area contributed by atoms with E-state index in [0.717, 1.165) is 11.1 Å². The predicted molar refractivity (Wildman–Crippen MR) is 90.9 cm³/mol. The highest BCUT2D eigenvalue weighted by Gasteiger charge is 2.29. The molecule has 0 bridgehead atoms. The molecule has 2 aromatic carbocycles. The summed E-state index contributed by atoms with van der Waals surface area (Å²) in [6.07, 6.45) is 0.200. The highest BCUT2D eigenvalue weighted by molar-refractivity contribution is 5.78. The fraction of sp³-hybridized carbons (Fsp3) is 0.316. The van der Waals surface area contributed by atoms with Crippen molar-refractivity contribution in [2.24, 2.45) is 0 Å². The van der Waals surface area contributed by atoms with Gasteiger partial charge in [-0.05, 0) is 36.2 Å².